The fourth-order valence-corrected chi connectivity index (χ4v) is 3.02. The summed E-state index contributed by atoms with van der Waals surface area (Å²) in [5, 5.41) is 0.136. The molecule has 6 nitrogen and oxygen atoms in total. The summed E-state index contributed by atoms with van der Waals surface area (Å²) in [6.07, 6.45) is 0. The first-order chi connectivity index (χ1) is 12.6. The summed E-state index contributed by atoms with van der Waals surface area (Å²) in [7, 11) is 0. The molecule has 0 N–H and O–H groups in total. The van der Waals surface area contributed by atoms with Crippen molar-refractivity contribution in [3.05, 3.63) is 75.1 Å². The minimum absolute atomic E-state index is 0.136. The SMILES string of the molecule is CCOC(=O)c1cc(=O)c2c3c(ccc2o1)C(=O)c1ccccc1CO3. The van der Waals surface area contributed by atoms with Crippen LogP contribution in [0.1, 0.15) is 39.0 Å². The number of ketones is 1. The Kier molecular flexibility index (Phi) is 3.80. The molecule has 130 valence electrons. The summed E-state index contributed by atoms with van der Waals surface area (Å²) in [5.41, 5.74) is 1.27. The molecule has 1 aliphatic rings. The molecule has 0 saturated heterocycles. The number of rotatable bonds is 2. The normalized spacial score (nSPS) is 12.7. The van der Waals surface area contributed by atoms with Crippen LogP contribution >= 0.6 is 0 Å². The van der Waals surface area contributed by atoms with Crippen molar-refractivity contribution in [1.82, 2.24) is 0 Å². The van der Waals surface area contributed by atoms with Gasteiger partial charge in [0.15, 0.2) is 11.2 Å². The molecule has 6 heteroatoms. The number of hydrogen-bond donors (Lipinski definition) is 0. The van der Waals surface area contributed by atoms with Crippen molar-refractivity contribution in [3.63, 3.8) is 0 Å². The molecule has 0 radical (unpaired) electrons. The quantitative estimate of drug-likeness (QED) is 0.661. The molecular weight excluding hydrogens is 336 g/mol. The third kappa shape index (κ3) is 2.47. The third-order valence-corrected chi connectivity index (χ3v) is 4.20. The zero-order chi connectivity index (χ0) is 18.3. The minimum Gasteiger partial charge on any atom is -0.487 e. The molecule has 0 spiro atoms. The van der Waals surface area contributed by atoms with Crippen molar-refractivity contribution >= 4 is 22.7 Å². The van der Waals surface area contributed by atoms with Gasteiger partial charge in [-0.05, 0) is 19.1 Å². The first-order valence-electron chi connectivity index (χ1n) is 8.13. The summed E-state index contributed by atoms with van der Waals surface area (Å²) in [6.45, 7) is 1.99. The number of ether oxygens (including phenoxy) is 2. The van der Waals surface area contributed by atoms with Crippen molar-refractivity contribution in [2.24, 2.45) is 0 Å². The monoisotopic (exact) mass is 350 g/mol. The highest BCUT2D eigenvalue weighted by molar-refractivity contribution is 6.14. The number of benzene rings is 2. The van der Waals surface area contributed by atoms with E-state index in [0.717, 1.165) is 11.6 Å². The Bertz CT molecular complexity index is 1110. The van der Waals surface area contributed by atoms with Crippen LogP contribution in [0, 0.1) is 0 Å². The predicted octanol–water partition coefficient (Wildman–Crippen LogP) is 3.09. The van der Waals surface area contributed by atoms with Gasteiger partial charge >= 0.3 is 5.97 Å². The first kappa shape index (κ1) is 16.1. The minimum atomic E-state index is -0.717. The van der Waals surface area contributed by atoms with E-state index in [1.54, 1.807) is 25.1 Å². The standard InChI is InChI=1S/C20H14O6/c1-2-24-20(23)16-9-14(21)17-15(26-16)8-7-13-18(22)12-6-4-3-5-11(12)10-25-19(13)17/h3-9H,2,10H2,1H3. The Balaban J connectivity index is 1.92. The van der Waals surface area contributed by atoms with E-state index < -0.39 is 11.4 Å². The van der Waals surface area contributed by atoms with Crippen LogP contribution in [0.2, 0.25) is 0 Å². The zero-order valence-corrected chi connectivity index (χ0v) is 13.9. The van der Waals surface area contributed by atoms with Crippen LogP contribution in [0.3, 0.4) is 0 Å². The first-order valence-corrected chi connectivity index (χ1v) is 8.13. The Labute approximate surface area is 148 Å². The molecule has 4 rings (SSSR count). The fraction of sp³-hybridized carbons (Fsp3) is 0.150. The van der Waals surface area contributed by atoms with Gasteiger partial charge in [0, 0.05) is 17.2 Å². The van der Waals surface area contributed by atoms with Crippen LogP contribution in [0.15, 0.2) is 51.7 Å². The van der Waals surface area contributed by atoms with E-state index in [0.29, 0.717) is 11.1 Å². The van der Waals surface area contributed by atoms with Gasteiger partial charge in [-0.1, -0.05) is 24.3 Å². The molecule has 1 aromatic heterocycles. The van der Waals surface area contributed by atoms with Crippen LogP contribution in [-0.2, 0) is 11.3 Å². The second-order valence-corrected chi connectivity index (χ2v) is 5.79. The van der Waals surface area contributed by atoms with E-state index in [1.165, 1.54) is 6.07 Å². The van der Waals surface area contributed by atoms with Crippen molar-refractivity contribution in [3.8, 4) is 5.75 Å². The van der Waals surface area contributed by atoms with Gasteiger partial charge in [-0.15, -0.1) is 0 Å². The van der Waals surface area contributed by atoms with Crippen LogP contribution in [-0.4, -0.2) is 18.4 Å². The predicted molar refractivity (Wildman–Crippen MR) is 92.6 cm³/mol. The largest absolute Gasteiger partial charge is 0.487 e. The molecule has 0 amide bonds. The zero-order valence-electron chi connectivity index (χ0n) is 13.9. The lowest BCUT2D eigenvalue weighted by Gasteiger charge is -2.10. The van der Waals surface area contributed by atoms with Gasteiger partial charge in [0.2, 0.25) is 5.76 Å². The third-order valence-electron chi connectivity index (χ3n) is 4.20. The van der Waals surface area contributed by atoms with Crippen molar-refractivity contribution in [2.75, 3.05) is 6.61 Å². The van der Waals surface area contributed by atoms with E-state index in [2.05, 4.69) is 0 Å². The van der Waals surface area contributed by atoms with Crippen molar-refractivity contribution < 1.29 is 23.5 Å². The molecule has 0 saturated carbocycles. The lowest BCUT2D eigenvalue weighted by atomic mass is 9.98. The molecule has 0 bridgehead atoms. The van der Waals surface area contributed by atoms with Crippen LogP contribution in [0.4, 0.5) is 0 Å². The molecule has 26 heavy (non-hydrogen) atoms. The van der Waals surface area contributed by atoms with Crippen molar-refractivity contribution in [2.45, 2.75) is 13.5 Å². The molecule has 1 aliphatic heterocycles. The fourth-order valence-electron chi connectivity index (χ4n) is 3.02. The maximum Gasteiger partial charge on any atom is 0.374 e. The summed E-state index contributed by atoms with van der Waals surface area (Å²) in [5.74, 6) is -0.949. The number of hydrogen-bond acceptors (Lipinski definition) is 6. The number of fused-ring (bicyclic) bond motifs is 4. The Morgan fingerprint density at radius 1 is 1.12 bits per heavy atom. The Morgan fingerprint density at radius 2 is 1.92 bits per heavy atom. The van der Waals surface area contributed by atoms with E-state index >= 15 is 0 Å². The van der Waals surface area contributed by atoms with Crippen LogP contribution in [0.25, 0.3) is 11.0 Å². The molecular formula is C20H14O6. The molecule has 0 aliphatic carbocycles. The molecule has 3 aromatic rings. The number of carbonyl (C=O) groups excluding carboxylic acids is 2. The van der Waals surface area contributed by atoms with E-state index in [9.17, 15) is 14.4 Å². The van der Waals surface area contributed by atoms with Gasteiger partial charge in [0.25, 0.3) is 0 Å². The highest BCUT2D eigenvalue weighted by Gasteiger charge is 2.26. The average molecular weight is 350 g/mol. The maximum atomic E-state index is 12.9. The Morgan fingerprint density at radius 3 is 2.73 bits per heavy atom. The van der Waals surface area contributed by atoms with Gasteiger partial charge < -0.3 is 13.9 Å². The molecule has 2 aromatic carbocycles. The second kappa shape index (κ2) is 6.15. The maximum absolute atomic E-state index is 12.9. The van der Waals surface area contributed by atoms with Gasteiger partial charge in [-0.25, -0.2) is 4.79 Å². The molecule has 2 heterocycles. The Hall–Kier alpha value is -3.41. The van der Waals surface area contributed by atoms with Crippen LogP contribution < -0.4 is 10.2 Å². The van der Waals surface area contributed by atoms with Crippen molar-refractivity contribution in [1.29, 1.82) is 0 Å². The van der Waals surface area contributed by atoms with Gasteiger partial charge in [-0.2, -0.15) is 0 Å². The summed E-state index contributed by atoms with van der Waals surface area (Å²) in [6, 6.07) is 11.2. The van der Waals surface area contributed by atoms with E-state index in [1.807, 2.05) is 12.1 Å². The summed E-state index contributed by atoms with van der Waals surface area (Å²) < 4.78 is 16.2. The average Bonchev–Trinajstić information content (AvgIpc) is 2.79. The second-order valence-electron chi connectivity index (χ2n) is 5.79. The molecule has 0 unspecified atom stereocenters. The number of carbonyl (C=O) groups is 2. The lowest BCUT2D eigenvalue weighted by molar-refractivity contribution is 0.0490. The molecule has 0 fully saturated rings. The summed E-state index contributed by atoms with van der Waals surface area (Å²) in [4.78, 5) is 37.3. The van der Waals surface area contributed by atoms with Gasteiger partial charge in [0.05, 0.1) is 12.2 Å². The molecule has 0 atom stereocenters. The van der Waals surface area contributed by atoms with Gasteiger partial charge in [0.1, 0.15) is 23.3 Å². The van der Waals surface area contributed by atoms with Gasteiger partial charge in [-0.3, -0.25) is 9.59 Å². The van der Waals surface area contributed by atoms with E-state index in [-0.39, 0.29) is 41.5 Å². The lowest BCUT2D eigenvalue weighted by Crippen LogP contribution is -2.11. The summed E-state index contributed by atoms with van der Waals surface area (Å²) >= 11 is 0. The van der Waals surface area contributed by atoms with Crippen LogP contribution in [0.5, 0.6) is 5.75 Å². The topological polar surface area (TPSA) is 82.8 Å². The number of esters is 1. The highest BCUT2D eigenvalue weighted by atomic mass is 16.5. The highest BCUT2D eigenvalue weighted by Crippen LogP contribution is 2.34. The van der Waals surface area contributed by atoms with E-state index in [4.69, 9.17) is 13.9 Å². The smallest absolute Gasteiger partial charge is 0.374 e.